The number of amides is 2. The molecule has 8 nitrogen and oxygen atoms in total. The Balaban J connectivity index is 1.30. The van der Waals surface area contributed by atoms with Gasteiger partial charge in [-0.2, -0.15) is 0 Å². The van der Waals surface area contributed by atoms with Crippen molar-refractivity contribution in [3.63, 3.8) is 0 Å². The highest BCUT2D eigenvalue weighted by Crippen LogP contribution is 2.65. The Morgan fingerprint density at radius 1 is 0.971 bits per heavy atom. The highest BCUT2D eigenvalue weighted by atomic mass is 16.5. The molecule has 2 amide bonds. The van der Waals surface area contributed by atoms with Crippen molar-refractivity contribution < 1.29 is 23.9 Å². The molecule has 0 aliphatic heterocycles. The fourth-order valence-electron chi connectivity index (χ4n) is 7.66. The fourth-order valence-corrected chi connectivity index (χ4v) is 7.66. The standard InChI is InChI=1S/C27H41N3O5/c1-26-11-9-18(31)13-17(26)5-6-19-20-7-8-22(27(20,2)12-10-21(19)26)35-25(34)15-29-23(32)14-28-24(33)16-30(3)4/h13,19-22H,5-12,14-16H2,1-4H3,(H,28,33)(H,29,32). The number of fused-ring (bicyclic) bond motifs is 5. The van der Waals surface area contributed by atoms with E-state index in [1.807, 2.05) is 6.08 Å². The molecule has 0 aromatic rings. The van der Waals surface area contributed by atoms with Crippen molar-refractivity contribution in [3.8, 4) is 0 Å². The summed E-state index contributed by atoms with van der Waals surface area (Å²) in [6.07, 6.45) is 9.63. The third-order valence-electron chi connectivity index (χ3n) is 9.48. The molecule has 0 aromatic heterocycles. The average Bonchev–Trinajstić information content (AvgIpc) is 3.12. The minimum absolute atomic E-state index is 0.0386. The number of hydrogen-bond donors (Lipinski definition) is 2. The summed E-state index contributed by atoms with van der Waals surface area (Å²) in [4.78, 5) is 50.0. The number of hydrogen-bond acceptors (Lipinski definition) is 6. The molecule has 4 aliphatic rings. The maximum atomic E-state index is 12.6. The van der Waals surface area contributed by atoms with Gasteiger partial charge < -0.3 is 20.3 Å². The number of carbonyl (C=O) groups excluding carboxylic acids is 4. The number of allylic oxidation sites excluding steroid dienone is 1. The van der Waals surface area contributed by atoms with E-state index in [0.29, 0.717) is 24.2 Å². The zero-order valence-corrected chi connectivity index (χ0v) is 21.7. The molecular formula is C27H41N3O5. The molecule has 3 saturated carbocycles. The topological polar surface area (TPSA) is 105 Å². The van der Waals surface area contributed by atoms with E-state index < -0.39 is 11.9 Å². The van der Waals surface area contributed by atoms with Crippen LogP contribution in [0.3, 0.4) is 0 Å². The second-order valence-corrected chi connectivity index (χ2v) is 11.9. The quantitative estimate of drug-likeness (QED) is 0.534. The molecule has 4 rings (SSSR count). The van der Waals surface area contributed by atoms with Crippen molar-refractivity contribution in [1.82, 2.24) is 15.5 Å². The van der Waals surface area contributed by atoms with Crippen LogP contribution in [0.15, 0.2) is 11.6 Å². The summed E-state index contributed by atoms with van der Waals surface area (Å²) >= 11 is 0. The molecule has 4 aliphatic carbocycles. The normalized spacial score (nSPS) is 35.9. The molecule has 0 bridgehead atoms. The summed E-state index contributed by atoms with van der Waals surface area (Å²) in [6, 6.07) is 0. The Kier molecular flexibility index (Phi) is 7.41. The third-order valence-corrected chi connectivity index (χ3v) is 9.48. The maximum Gasteiger partial charge on any atom is 0.325 e. The fraction of sp³-hybridized carbons (Fsp3) is 0.778. The van der Waals surface area contributed by atoms with Crippen molar-refractivity contribution in [2.45, 2.75) is 71.3 Å². The molecule has 0 heterocycles. The first kappa shape index (κ1) is 25.9. The Hall–Kier alpha value is -2.22. The zero-order valence-electron chi connectivity index (χ0n) is 21.7. The van der Waals surface area contributed by atoms with Crippen LogP contribution in [0.1, 0.15) is 65.2 Å². The largest absolute Gasteiger partial charge is 0.460 e. The summed E-state index contributed by atoms with van der Waals surface area (Å²) in [6.45, 7) is 4.52. The van der Waals surface area contributed by atoms with Gasteiger partial charge >= 0.3 is 5.97 Å². The van der Waals surface area contributed by atoms with E-state index in [1.165, 1.54) is 5.57 Å². The molecule has 3 fully saturated rings. The van der Waals surface area contributed by atoms with Crippen molar-refractivity contribution in [3.05, 3.63) is 11.6 Å². The molecule has 6 atom stereocenters. The Bertz CT molecular complexity index is 914. The number of esters is 1. The molecule has 0 spiro atoms. The Morgan fingerprint density at radius 2 is 1.71 bits per heavy atom. The number of ketones is 1. The summed E-state index contributed by atoms with van der Waals surface area (Å²) in [5.74, 6) is 0.952. The van der Waals surface area contributed by atoms with Gasteiger partial charge in [0.25, 0.3) is 0 Å². The highest BCUT2D eigenvalue weighted by Gasteiger charge is 2.59. The smallest absolute Gasteiger partial charge is 0.325 e. The van der Waals surface area contributed by atoms with Crippen LogP contribution in [0.5, 0.6) is 0 Å². The van der Waals surface area contributed by atoms with Crippen LogP contribution in [0.4, 0.5) is 0 Å². The van der Waals surface area contributed by atoms with Gasteiger partial charge in [-0.15, -0.1) is 0 Å². The number of nitrogens with zero attached hydrogens (tertiary/aromatic N) is 1. The molecule has 8 heteroatoms. The van der Waals surface area contributed by atoms with Crippen LogP contribution in [0.2, 0.25) is 0 Å². The van der Waals surface area contributed by atoms with Gasteiger partial charge in [-0.3, -0.25) is 19.2 Å². The van der Waals surface area contributed by atoms with Crippen molar-refractivity contribution >= 4 is 23.6 Å². The predicted molar refractivity (Wildman–Crippen MR) is 131 cm³/mol. The van der Waals surface area contributed by atoms with E-state index in [2.05, 4.69) is 24.5 Å². The lowest BCUT2D eigenvalue weighted by molar-refractivity contribution is -0.159. The van der Waals surface area contributed by atoms with Crippen LogP contribution in [0.25, 0.3) is 0 Å². The predicted octanol–water partition coefficient (Wildman–Crippen LogP) is 2.22. The molecule has 0 saturated heterocycles. The molecule has 35 heavy (non-hydrogen) atoms. The SMILES string of the molecule is CN(C)CC(=O)NCC(=O)NCC(=O)OC1CCC2C3CCC4=CC(=O)CCC4(C)C3CCC12C. The Labute approximate surface area is 208 Å². The minimum Gasteiger partial charge on any atom is -0.460 e. The Morgan fingerprint density at radius 3 is 2.46 bits per heavy atom. The van der Waals surface area contributed by atoms with Crippen LogP contribution in [-0.2, 0) is 23.9 Å². The van der Waals surface area contributed by atoms with Gasteiger partial charge in [0, 0.05) is 11.8 Å². The van der Waals surface area contributed by atoms with E-state index in [9.17, 15) is 19.2 Å². The van der Waals surface area contributed by atoms with Crippen molar-refractivity contribution in [1.29, 1.82) is 0 Å². The van der Waals surface area contributed by atoms with Crippen molar-refractivity contribution in [2.75, 3.05) is 33.7 Å². The number of rotatable bonds is 7. The van der Waals surface area contributed by atoms with Crippen molar-refractivity contribution in [2.24, 2.45) is 28.6 Å². The van der Waals surface area contributed by atoms with E-state index in [1.54, 1.807) is 19.0 Å². The average molecular weight is 488 g/mol. The van der Waals surface area contributed by atoms with E-state index >= 15 is 0 Å². The first-order valence-corrected chi connectivity index (χ1v) is 13.1. The number of carbonyl (C=O) groups is 4. The molecular weight excluding hydrogens is 446 g/mol. The summed E-state index contributed by atoms with van der Waals surface area (Å²) in [5, 5.41) is 5.10. The van der Waals surface area contributed by atoms with Crippen LogP contribution in [-0.4, -0.2) is 68.3 Å². The third kappa shape index (κ3) is 5.18. The molecule has 0 radical (unpaired) electrons. The van der Waals surface area contributed by atoms with Crippen LogP contribution < -0.4 is 10.6 Å². The first-order valence-electron chi connectivity index (χ1n) is 13.1. The summed E-state index contributed by atoms with van der Waals surface area (Å²) < 4.78 is 5.93. The first-order chi connectivity index (χ1) is 16.5. The molecule has 6 unspecified atom stereocenters. The second-order valence-electron chi connectivity index (χ2n) is 11.9. The summed E-state index contributed by atoms with van der Waals surface area (Å²) in [7, 11) is 3.55. The lowest BCUT2D eigenvalue weighted by Gasteiger charge is -2.57. The van der Waals surface area contributed by atoms with Gasteiger partial charge in [0.1, 0.15) is 12.6 Å². The lowest BCUT2D eigenvalue weighted by atomic mass is 9.47. The van der Waals surface area contributed by atoms with Gasteiger partial charge in [-0.1, -0.05) is 19.4 Å². The molecule has 194 valence electrons. The lowest BCUT2D eigenvalue weighted by Crippen LogP contribution is -2.52. The van der Waals surface area contributed by atoms with Gasteiger partial charge in [0.2, 0.25) is 11.8 Å². The van der Waals surface area contributed by atoms with E-state index in [4.69, 9.17) is 4.74 Å². The van der Waals surface area contributed by atoms with Gasteiger partial charge in [-0.05, 0) is 88.3 Å². The molecule has 2 N–H and O–H groups in total. The maximum absolute atomic E-state index is 12.6. The van der Waals surface area contributed by atoms with E-state index in [-0.39, 0.29) is 48.3 Å². The highest BCUT2D eigenvalue weighted by molar-refractivity contribution is 5.91. The monoisotopic (exact) mass is 487 g/mol. The summed E-state index contributed by atoms with van der Waals surface area (Å²) in [5.41, 5.74) is 1.47. The van der Waals surface area contributed by atoms with Gasteiger partial charge in [-0.25, -0.2) is 0 Å². The molecule has 0 aromatic carbocycles. The number of likely N-dealkylation sites (N-methyl/N-ethyl adjacent to an activating group) is 1. The van der Waals surface area contributed by atoms with Gasteiger partial charge in [0.05, 0.1) is 13.1 Å². The zero-order chi connectivity index (χ0) is 25.4. The number of nitrogens with one attached hydrogen (secondary N) is 2. The number of ether oxygens (including phenoxy) is 1. The second kappa shape index (κ2) is 10.0. The van der Waals surface area contributed by atoms with Gasteiger partial charge in [0.15, 0.2) is 5.78 Å². The van der Waals surface area contributed by atoms with Crippen LogP contribution in [0, 0.1) is 28.6 Å². The van der Waals surface area contributed by atoms with E-state index in [0.717, 1.165) is 44.9 Å². The minimum atomic E-state index is -0.418. The van der Waals surface area contributed by atoms with Crippen LogP contribution >= 0.6 is 0 Å².